The first kappa shape index (κ1) is 8.02. The zero-order valence-electron chi connectivity index (χ0n) is 6.71. The van der Waals surface area contributed by atoms with Gasteiger partial charge in [-0.3, -0.25) is 0 Å². The van der Waals surface area contributed by atoms with Gasteiger partial charge in [-0.1, -0.05) is 0 Å². The monoisotopic (exact) mass is 143 g/mol. The molecule has 1 saturated heterocycles. The smallest absolute Gasteiger partial charge is 0.0431 e. The van der Waals surface area contributed by atoms with Crippen molar-refractivity contribution in [3.05, 3.63) is 0 Å². The summed E-state index contributed by atoms with van der Waals surface area (Å²) < 4.78 is 0. The molecule has 2 heteroatoms. The molecule has 1 aliphatic heterocycles. The van der Waals surface area contributed by atoms with Crippen LogP contribution in [-0.4, -0.2) is 36.2 Å². The lowest BCUT2D eigenvalue weighted by Gasteiger charge is -2.18. The van der Waals surface area contributed by atoms with Crippen LogP contribution in [0.4, 0.5) is 0 Å². The van der Waals surface area contributed by atoms with E-state index >= 15 is 0 Å². The van der Waals surface area contributed by atoms with Gasteiger partial charge in [-0.25, -0.2) is 0 Å². The van der Waals surface area contributed by atoms with Crippen LogP contribution in [0.2, 0.25) is 0 Å². The van der Waals surface area contributed by atoms with Crippen LogP contribution in [-0.2, 0) is 0 Å². The third-order valence-electron chi connectivity index (χ3n) is 2.37. The molecule has 0 saturated carbocycles. The molecular formula is C8H17NO. The summed E-state index contributed by atoms with van der Waals surface area (Å²) in [6.45, 7) is 1.60. The van der Waals surface area contributed by atoms with Crippen LogP contribution in [0.1, 0.15) is 25.7 Å². The van der Waals surface area contributed by atoms with E-state index in [1.54, 1.807) is 0 Å². The summed E-state index contributed by atoms with van der Waals surface area (Å²) in [5, 5.41) is 8.59. The van der Waals surface area contributed by atoms with Gasteiger partial charge in [0.15, 0.2) is 0 Å². The molecule has 1 heterocycles. The lowest BCUT2D eigenvalue weighted by molar-refractivity contribution is 0.243. The lowest BCUT2D eigenvalue weighted by atomic mass is 10.1. The van der Waals surface area contributed by atoms with Crippen LogP contribution < -0.4 is 0 Å². The van der Waals surface area contributed by atoms with E-state index < -0.39 is 0 Å². The average Bonchev–Trinajstić information content (AvgIpc) is 2.31. The molecule has 2 nitrogen and oxygen atoms in total. The highest BCUT2D eigenvalue weighted by molar-refractivity contribution is 4.75. The Balaban J connectivity index is 2.14. The fourth-order valence-corrected chi connectivity index (χ4v) is 1.67. The Morgan fingerprint density at radius 1 is 1.60 bits per heavy atom. The van der Waals surface area contributed by atoms with Crippen LogP contribution in [0.15, 0.2) is 0 Å². The van der Waals surface area contributed by atoms with Crippen molar-refractivity contribution in [2.24, 2.45) is 0 Å². The molecule has 1 atom stereocenters. The number of hydrogen-bond donors (Lipinski definition) is 1. The number of aliphatic hydroxyl groups excluding tert-OH is 1. The molecule has 1 fully saturated rings. The lowest BCUT2D eigenvalue weighted by Crippen LogP contribution is -2.24. The van der Waals surface area contributed by atoms with Gasteiger partial charge in [-0.2, -0.15) is 0 Å². The van der Waals surface area contributed by atoms with Gasteiger partial charge >= 0.3 is 0 Å². The minimum Gasteiger partial charge on any atom is -0.396 e. The Kier molecular flexibility index (Phi) is 3.16. The van der Waals surface area contributed by atoms with E-state index in [1.165, 1.54) is 25.8 Å². The van der Waals surface area contributed by atoms with Crippen molar-refractivity contribution in [3.8, 4) is 0 Å². The summed E-state index contributed by atoms with van der Waals surface area (Å²) in [5.41, 5.74) is 0. The van der Waals surface area contributed by atoms with E-state index in [0.717, 1.165) is 12.5 Å². The minimum atomic E-state index is 0.352. The Bertz CT molecular complexity index is 95.3. The van der Waals surface area contributed by atoms with Crippen molar-refractivity contribution >= 4 is 0 Å². The minimum absolute atomic E-state index is 0.352. The predicted molar refractivity (Wildman–Crippen MR) is 42.0 cm³/mol. The summed E-state index contributed by atoms with van der Waals surface area (Å²) in [5.74, 6) is 0. The van der Waals surface area contributed by atoms with E-state index in [0.29, 0.717) is 6.61 Å². The molecular weight excluding hydrogens is 126 g/mol. The number of aliphatic hydroxyl groups is 1. The van der Waals surface area contributed by atoms with Crippen molar-refractivity contribution in [2.45, 2.75) is 31.7 Å². The zero-order chi connectivity index (χ0) is 7.40. The molecule has 0 bridgehead atoms. The Hall–Kier alpha value is -0.0800. The first-order chi connectivity index (χ1) is 4.84. The quantitative estimate of drug-likeness (QED) is 0.633. The molecule has 1 aliphatic rings. The van der Waals surface area contributed by atoms with Gasteiger partial charge in [-0.15, -0.1) is 0 Å². The van der Waals surface area contributed by atoms with E-state index in [1.807, 2.05) is 0 Å². The Morgan fingerprint density at radius 2 is 2.40 bits per heavy atom. The summed E-state index contributed by atoms with van der Waals surface area (Å²) in [6.07, 6.45) is 4.81. The van der Waals surface area contributed by atoms with Crippen molar-refractivity contribution in [1.29, 1.82) is 0 Å². The molecule has 0 aromatic rings. The standard InChI is InChI=1S/C8H17NO/c1-9-6-2-4-8(9)5-3-7-10/h8,10H,2-7H2,1H3/t8-/m0/s1. The van der Waals surface area contributed by atoms with E-state index in [-0.39, 0.29) is 0 Å². The van der Waals surface area contributed by atoms with Crippen LogP contribution >= 0.6 is 0 Å². The number of hydrogen-bond acceptors (Lipinski definition) is 2. The normalized spacial score (nSPS) is 27.6. The molecule has 60 valence electrons. The van der Waals surface area contributed by atoms with E-state index in [4.69, 9.17) is 5.11 Å². The van der Waals surface area contributed by atoms with E-state index in [2.05, 4.69) is 11.9 Å². The van der Waals surface area contributed by atoms with Crippen molar-refractivity contribution in [3.63, 3.8) is 0 Å². The number of likely N-dealkylation sites (tertiary alicyclic amines) is 1. The second-order valence-corrected chi connectivity index (χ2v) is 3.14. The molecule has 10 heavy (non-hydrogen) atoms. The third-order valence-corrected chi connectivity index (χ3v) is 2.37. The van der Waals surface area contributed by atoms with Gasteiger partial charge in [-0.05, 0) is 39.3 Å². The maximum absolute atomic E-state index is 8.59. The summed E-state index contributed by atoms with van der Waals surface area (Å²) in [6, 6.07) is 0.757. The first-order valence-electron chi connectivity index (χ1n) is 4.15. The van der Waals surface area contributed by atoms with Crippen LogP contribution in [0, 0.1) is 0 Å². The molecule has 0 aliphatic carbocycles. The highest BCUT2D eigenvalue weighted by Gasteiger charge is 2.19. The average molecular weight is 143 g/mol. The van der Waals surface area contributed by atoms with Gasteiger partial charge in [0.25, 0.3) is 0 Å². The van der Waals surface area contributed by atoms with Crippen LogP contribution in [0.5, 0.6) is 0 Å². The second kappa shape index (κ2) is 3.94. The third kappa shape index (κ3) is 1.96. The molecule has 1 N–H and O–H groups in total. The van der Waals surface area contributed by atoms with Gasteiger partial charge in [0.1, 0.15) is 0 Å². The molecule has 0 aromatic heterocycles. The van der Waals surface area contributed by atoms with Crippen LogP contribution in [0.25, 0.3) is 0 Å². The van der Waals surface area contributed by atoms with Crippen molar-refractivity contribution in [1.82, 2.24) is 4.90 Å². The second-order valence-electron chi connectivity index (χ2n) is 3.14. The Labute approximate surface area is 62.8 Å². The molecule has 0 amide bonds. The largest absolute Gasteiger partial charge is 0.396 e. The molecule has 1 rings (SSSR count). The molecule has 0 radical (unpaired) electrons. The highest BCUT2D eigenvalue weighted by Crippen LogP contribution is 2.18. The fourth-order valence-electron chi connectivity index (χ4n) is 1.67. The van der Waals surface area contributed by atoms with Crippen molar-refractivity contribution in [2.75, 3.05) is 20.2 Å². The van der Waals surface area contributed by atoms with E-state index in [9.17, 15) is 0 Å². The van der Waals surface area contributed by atoms with Gasteiger partial charge < -0.3 is 10.0 Å². The topological polar surface area (TPSA) is 23.5 Å². The summed E-state index contributed by atoms with van der Waals surface area (Å²) in [7, 11) is 2.18. The van der Waals surface area contributed by atoms with Gasteiger partial charge in [0.05, 0.1) is 0 Å². The zero-order valence-corrected chi connectivity index (χ0v) is 6.71. The summed E-state index contributed by atoms with van der Waals surface area (Å²) in [4.78, 5) is 2.40. The fraction of sp³-hybridized carbons (Fsp3) is 1.00. The van der Waals surface area contributed by atoms with Crippen LogP contribution in [0.3, 0.4) is 0 Å². The Morgan fingerprint density at radius 3 is 2.90 bits per heavy atom. The van der Waals surface area contributed by atoms with Crippen molar-refractivity contribution < 1.29 is 5.11 Å². The van der Waals surface area contributed by atoms with Gasteiger partial charge in [0.2, 0.25) is 0 Å². The maximum Gasteiger partial charge on any atom is 0.0431 e. The molecule has 0 unspecified atom stereocenters. The number of rotatable bonds is 3. The SMILES string of the molecule is CN1CCC[C@H]1CCCO. The molecule has 0 aromatic carbocycles. The first-order valence-corrected chi connectivity index (χ1v) is 4.15. The molecule has 0 spiro atoms. The van der Waals surface area contributed by atoms with Gasteiger partial charge in [0, 0.05) is 12.6 Å². The highest BCUT2D eigenvalue weighted by atomic mass is 16.2. The summed E-state index contributed by atoms with van der Waals surface area (Å²) >= 11 is 0. The maximum atomic E-state index is 8.59. The predicted octanol–water partition coefficient (Wildman–Crippen LogP) is 0.853. The number of nitrogens with zero attached hydrogens (tertiary/aromatic N) is 1.